The molecule has 2 aromatic heterocycles. The Morgan fingerprint density at radius 3 is 1.18 bits per heavy atom. The van der Waals surface area contributed by atoms with Gasteiger partial charge in [0.1, 0.15) is 69.4 Å². The fraction of sp³-hybridized carbons (Fsp3) is 0.229. The highest BCUT2D eigenvalue weighted by Crippen LogP contribution is 2.50. The summed E-state index contributed by atoms with van der Waals surface area (Å²) >= 11 is 12.4. The van der Waals surface area contributed by atoms with Gasteiger partial charge in [-0.05, 0) is 158 Å². The van der Waals surface area contributed by atoms with E-state index in [2.05, 4.69) is 66.0 Å². The molecule has 13 aromatic rings. The highest BCUT2D eigenvalue weighted by Gasteiger charge is 2.46. The standard InChI is InChI=1S/C35H33BrF2N2O2.C28H27BrF2N2O2.C18H19F2NO.C9H7ClF2O.C6H4F2/c1-3-40(23-24-10-6-4-7-11-24)19-18-35(41,30-16-15-28(37)22-31(30)38)33(25-12-8-5-9-13-25)29-21-26-20-27(36)14-17-32(26)39-34(29)42-2;1-3-32-14-13-28(34,23-11-10-21(30)17-24(23)31)26(18-7-5-4-6-8-18)22-16-19-15-20(29)9-12-25(19)33-27(22)35-2;1-2-21(13-14-6-4-3-5-7-14)11-10-18(22)16-9-8-15(19)12-17(16)20;10-4-3-9(13)7-2-1-6(11)5-8(7)12;7-5-2-1-3-6(8)4-5/h4-17,20-22,33,41H,3,18-19,23H2,1-2H3;4-12,15-17,26,32,34H,3,13-14H2,1-2H3;3-9,12H,2,10-11,13H2,1H3;1-2,5H,3-4H2;1-4H. The minimum atomic E-state index is -1.79. The number of nitrogens with zero attached hydrogens (tertiary/aromatic N) is 4. The molecule has 2 heterocycles. The van der Waals surface area contributed by atoms with Crippen molar-refractivity contribution in [2.24, 2.45) is 0 Å². The zero-order valence-corrected chi connectivity index (χ0v) is 70.4. The summed E-state index contributed by atoms with van der Waals surface area (Å²) in [5.41, 5.74) is 2.82. The summed E-state index contributed by atoms with van der Waals surface area (Å²) in [6.45, 7) is 11.1. The van der Waals surface area contributed by atoms with Crippen LogP contribution in [0.3, 0.4) is 0 Å². The van der Waals surface area contributed by atoms with Gasteiger partial charge >= 0.3 is 0 Å². The second-order valence-electron chi connectivity index (χ2n) is 27.9. The maximum absolute atomic E-state index is 15.7. The molecule has 0 radical (unpaired) electrons. The average Bonchev–Trinajstić information content (AvgIpc) is 0.748. The molecular weight excluding hydrogens is 1700 g/mol. The highest BCUT2D eigenvalue weighted by atomic mass is 79.9. The Kier molecular flexibility index (Phi) is 35.6. The first-order chi connectivity index (χ1) is 57.7. The number of halogens is 13. The van der Waals surface area contributed by atoms with Gasteiger partial charge < -0.3 is 25.0 Å². The molecule has 0 bridgehead atoms. The number of hydrogen-bond acceptors (Lipinski definition) is 11. The van der Waals surface area contributed by atoms with Crippen molar-refractivity contribution in [3.8, 4) is 11.8 Å². The van der Waals surface area contributed by atoms with Crippen LogP contribution < -0.4 is 14.8 Å². The monoisotopic (exact) mass is 1790 g/mol. The van der Waals surface area contributed by atoms with Crippen LogP contribution in [0.2, 0.25) is 0 Å². The summed E-state index contributed by atoms with van der Waals surface area (Å²) in [5.74, 6) is -8.56. The van der Waals surface area contributed by atoms with Crippen LogP contribution in [0, 0.1) is 58.2 Å². The third kappa shape index (κ3) is 25.8. The van der Waals surface area contributed by atoms with Gasteiger partial charge in [-0.1, -0.05) is 192 Å². The maximum atomic E-state index is 15.7. The number of nitrogens with one attached hydrogen (secondary N) is 1. The van der Waals surface area contributed by atoms with Gasteiger partial charge in [0.2, 0.25) is 11.8 Å². The van der Waals surface area contributed by atoms with E-state index in [0.29, 0.717) is 61.7 Å². The Bertz CT molecular complexity index is 5490. The fourth-order valence-electron chi connectivity index (χ4n) is 14.0. The lowest BCUT2D eigenvalue weighted by Crippen LogP contribution is -2.39. The molecule has 24 heteroatoms. The number of aliphatic hydroxyl groups is 2. The van der Waals surface area contributed by atoms with Gasteiger partial charge in [0.15, 0.2) is 11.6 Å². The molecule has 0 saturated carbocycles. The molecule has 0 spiro atoms. The molecule has 3 N–H and O–H groups in total. The van der Waals surface area contributed by atoms with E-state index in [1.165, 1.54) is 68.3 Å². The number of alkyl halides is 1. The molecule has 120 heavy (non-hydrogen) atoms. The lowest BCUT2D eigenvalue weighted by atomic mass is 9.71. The van der Waals surface area contributed by atoms with Gasteiger partial charge in [-0.15, -0.1) is 11.6 Å². The van der Waals surface area contributed by atoms with Crippen LogP contribution in [0.5, 0.6) is 11.8 Å². The number of carbonyl (C=O) groups is 2. The number of ketones is 2. The maximum Gasteiger partial charge on any atom is 0.217 e. The molecule has 11 nitrogen and oxygen atoms in total. The quantitative estimate of drug-likeness (QED) is 0.0172. The Labute approximate surface area is 713 Å². The number of rotatable bonds is 30. The molecule has 0 aliphatic carbocycles. The third-order valence-electron chi connectivity index (χ3n) is 19.9. The van der Waals surface area contributed by atoms with Crippen LogP contribution >= 0.6 is 43.5 Å². The molecule has 13 rings (SSSR count). The van der Waals surface area contributed by atoms with Crippen LogP contribution in [-0.4, -0.2) is 101 Å². The Morgan fingerprint density at radius 2 is 0.808 bits per heavy atom. The number of benzene rings is 11. The van der Waals surface area contributed by atoms with Crippen molar-refractivity contribution in [2.75, 3.05) is 59.4 Å². The molecule has 0 fully saturated rings. The number of methoxy groups -OCH3 is 2. The largest absolute Gasteiger partial charge is 0.481 e. The van der Waals surface area contributed by atoms with Crippen molar-refractivity contribution in [1.29, 1.82) is 0 Å². The van der Waals surface area contributed by atoms with E-state index in [0.717, 1.165) is 110 Å². The minimum Gasteiger partial charge on any atom is -0.481 e. The first kappa shape index (κ1) is 93.4. The van der Waals surface area contributed by atoms with Gasteiger partial charge in [-0.2, -0.15) is 0 Å². The second-order valence-corrected chi connectivity index (χ2v) is 30.1. The van der Waals surface area contributed by atoms with Crippen LogP contribution in [0.25, 0.3) is 21.8 Å². The molecule has 4 atom stereocenters. The van der Waals surface area contributed by atoms with Crippen molar-refractivity contribution in [3.05, 3.63) is 390 Å². The number of ether oxygens (including phenoxy) is 2. The third-order valence-corrected chi connectivity index (χ3v) is 21.1. The molecular formula is C96H90Br2ClF10N5O6. The lowest BCUT2D eigenvalue weighted by molar-refractivity contribution is -0.00310. The first-order valence-corrected chi connectivity index (χ1v) is 40.8. The Hall–Kier alpha value is -10.5. The summed E-state index contributed by atoms with van der Waals surface area (Å²) in [6.07, 6.45) is 0.603. The molecule has 0 aliphatic heterocycles. The normalized spacial score (nSPS) is 12.6. The Morgan fingerprint density at radius 1 is 0.433 bits per heavy atom. The van der Waals surface area contributed by atoms with Crippen LogP contribution in [0.15, 0.2) is 276 Å². The van der Waals surface area contributed by atoms with E-state index >= 15 is 8.78 Å². The lowest BCUT2D eigenvalue weighted by Gasteiger charge is -2.39. The van der Waals surface area contributed by atoms with Gasteiger partial charge in [0, 0.05) is 129 Å². The highest BCUT2D eigenvalue weighted by molar-refractivity contribution is 9.10. The van der Waals surface area contributed by atoms with Gasteiger partial charge in [-0.3, -0.25) is 19.4 Å². The van der Waals surface area contributed by atoms with Crippen molar-refractivity contribution < 1.29 is 73.2 Å². The topological polar surface area (TPSA) is 137 Å². The van der Waals surface area contributed by atoms with E-state index < -0.39 is 87.0 Å². The number of carbonyl (C=O) groups excluding carboxylic acids is 2. The predicted octanol–water partition coefficient (Wildman–Crippen LogP) is 23.3. The number of aromatic nitrogens is 2. The second kappa shape index (κ2) is 45.8. The smallest absolute Gasteiger partial charge is 0.217 e. The van der Waals surface area contributed by atoms with Crippen LogP contribution in [0.1, 0.15) is 124 Å². The molecule has 4 unspecified atom stereocenters. The van der Waals surface area contributed by atoms with E-state index in [9.17, 15) is 54.9 Å². The van der Waals surface area contributed by atoms with Crippen molar-refractivity contribution in [1.82, 2.24) is 25.1 Å². The summed E-state index contributed by atoms with van der Waals surface area (Å²) in [5, 5.41) is 30.2. The van der Waals surface area contributed by atoms with Crippen molar-refractivity contribution in [2.45, 2.75) is 82.6 Å². The van der Waals surface area contributed by atoms with Crippen LogP contribution in [-0.2, 0) is 24.3 Å². The zero-order chi connectivity index (χ0) is 86.5. The molecule has 0 aliphatic rings. The minimum absolute atomic E-state index is 0.0158. The van der Waals surface area contributed by atoms with Gasteiger partial charge in [-0.25, -0.2) is 53.9 Å². The molecule has 626 valence electrons. The summed E-state index contributed by atoms with van der Waals surface area (Å²) in [6, 6.07) is 71.4. The average molecular weight is 1800 g/mol. The van der Waals surface area contributed by atoms with E-state index in [1.807, 2.05) is 172 Å². The predicted molar refractivity (Wildman–Crippen MR) is 459 cm³/mol. The number of Topliss-reactive ketones (excluding diaryl/α,β-unsaturated/α-hetero) is 2. The Balaban J connectivity index is 0.000000187. The fourth-order valence-corrected chi connectivity index (χ4v) is 14.9. The summed E-state index contributed by atoms with van der Waals surface area (Å²) < 4.78 is 148. The van der Waals surface area contributed by atoms with Crippen molar-refractivity contribution in [3.63, 3.8) is 0 Å². The van der Waals surface area contributed by atoms with E-state index in [-0.39, 0.29) is 59.6 Å². The van der Waals surface area contributed by atoms with Gasteiger partial charge in [0.25, 0.3) is 0 Å². The SMILES string of the molecule is CCN(CCC(=O)c1ccc(F)cc1F)Cc1ccccc1.CCN(CCC(O)(c1ccc(F)cc1F)C(c1ccccc1)c1cc2cc(Br)ccc2nc1OC)Cc1ccccc1.CCNCCC(O)(c1ccc(F)cc1F)C(c1ccccc1)c1cc2cc(Br)ccc2nc1OC.Fc1cccc(F)c1.O=C(CCCl)c1ccc(F)cc1F. The van der Waals surface area contributed by atoms with E-state index in [4.69, 9.17) is 31.0 Å². The van der Waals surface area contributed by atoms with E-state index in [1.54, 1.807) is 0 Å². The van der Waals surface area contributed by atoms with Crippen LogP contribution in [0.4, 0.5) is 43.9 Å². The number of fused-ring (bicyclic) bond motifs is 2. The molecule has 11 aromatic carbocycles. The summed E-state index contributed by atoms with van der Waals surface area (Å²) in [4.78, 5) is 37.0. The van der Waals surface area contributed by atoms with Crippen molar-refractivity contribution >= 4 is 76.8 Å². The summed E-state index contributed by atoms with van der Waals surface area (Å²) in [7, 11) is 3.06. The molecule has 0 saturated heterocycles. The zero-order valence-electron chi connectivity index (χ0n) is 66.5. The first-order valence-electron chi connectivity index (χ1n) is 38.6. The number of hydrogen-bond donors (Lipinski definition) is 3. The molecule has 0 amide bonds. The number of pyridine rings is 2. The van der Waals surface area contributed by atoms with Gasteiger partial charge in [0.05, 0.1) is 36.4 Å².